The third-order valence-electron chi connectivity index (χ3n) is 8.46. The van der Waals surface area contributed by atoms with Gasteiger partial charge in [-0.3, -0.25) is 9.79 Å². The Morgan fingerprint density at radius 3 is 2.76 bits per heavy atom. The number of carboxylic acid groups (broad SMARTS) is 1. The Hall–Kier alpha value is -5.44. The molecule has 3 heterocycles. The van der Waals surface area contributed by atoms with E-state index in [1.807, 2.05) is 0 Å². The Morgan fingerprint density at radius 1 is 1.16 bits per heavy atom. The molecule has 0 saturated carbocycles. The molecule has 0 saturated heterocycles. The third-order valence-corrected chi connectivity index (χ3v) is 10.0. The third kappa shape index (κ3) is 7.21. The van der Waals surface area contributed by atoms with Crippen LogP contribution in [0.5, 0.6) is 11.5 Å². The predicted octanol–water partition coefficient (Wildman–Crippen LogP) is 5.28. The Kier molecular flexibility index (Phi) is 9.28. The molecule has 254 valence electrons. The van der Waals surface area contributed by atoms with Crippen LogP contribution in [0.25, 0.3) is 22.3 Å². The normalized spacial score (nSPS) is 17.5. The molecule has 15 heteroatoms. The van der Waals surface area contributed by atoms with E-state index in [0.29, 0.717) is 22.0 Å². The average Bonchev–Trinajstić information content (AvgIpc) is 3.69. The Bertz CT molecular complexity index is 2240. The molecule has 2 aromatic heterocycles. The second-order valence-corrected chi connectivity index (χ2v) is 14.0. The first-order chi connectivity index (χ1) is 23.4. The van der Waals surface area contributed by atoms with Crippen molar-refractivity contribution in [2.24, 2.45) is 23.0 Å². The van der Waals surface area contributed by atoms with Crippen molar-refractivity contribution >= 4 is 38.1 Å². The monoisotopic (exact) mass is 689 g/mol. The van der Waals surface area contributed by atoms with Crippen molar-refractivity contribution in [3.8, 4) is 22.9 Å². The molecule has 3 aromatic carbocycles. The maximum Gasteiger partial charge on any atom is 0.303 e. The van der Waals surface area contributed by atoms with Gasteiger partial charge in [-0.05, 0) is 55.2 Å². The molecule has 12 nitrogen and oxygen atoms in total. The zero-order valence-electron chi connectivity index (χ0n) is 26.7. The number of nitrogens with two attached hydrogens (primary N) is 1. The van der Waals surface area contributed by atoms with Gasteiger partial charge >= 0.3 is 5.97 Å². The van der Waals surface area contributed by atoms with E-state index in [0.717, 1.165) is 5.56 Å². The largest absolute Gasteiger partial charge is 0.481 e. The molecular weight excluding hydrogens is 656 g/mol. The molecule has 4 bridgehead atoms. The highest BCUT2D eigenvalue weighted by Crippen LogP contribution is 2.37. The van der Waals surface area contributed by atoms with Crippen molar-refractivity contribution in [3.05, 3.63) is 94.9 Å². The molecule has 0 radical (unpaired) electrons. The van der Waals surface area contributed by atoms with Crippen LogP contribution in [0, 0.1) is 11.6 Å². The van der Waals surface area contributed by atoms with E-state index in [-0.39, 0.29) is 71.7 Å². The lowest BCUT2D eigenvalue weighted by atomic mass is 9.93. The maximum atomic E-state index is 15.6. The summed E-state index contributed by atoms with van der Waals surface area (Å²) in [5, 5.41) is 18.1. The molecule has 49 heavy (non-hydrogen) atoms. The van der Waals surface area contributed by atoms with Crippen LogP contribution in [0.15, 0.2) is 70.9 Å². The molecular formula is C34H33F2N7O5S. The number of hydrazone groups is 1. The Labute approximate surface area is 280 Å². The lowest BCUT2D eigenvalue weighted by Crippen LogP contribution is -2.26. The molecule has 1 aliphatic heterocycles. The van der Waals surface area contributed by atoms with E-state index < -0.39 is 39.1 Å². The van der Waals surface area contributed by atoms with Crippen LogP contribution in [0.3, 0.4) is 0 Å². The average molecular weight is 690 g/mol. The highest BCUT2D eigenvalue weighted by Gasteiger charge is 2.27. The fraction of sp³-hybridized carbons (Fsp3) is 0.265. The van der Waals surface area contributed by atoms with Crippen LogP contribution >= 0.6 is 0 Å². The number of aliphatic imine (C=N–C) groups is 1. The van der Waals surface area contributed by atoms with Crippen molar-refractivity contribution in [3.63, 3.8) is 0 Å². The summed E-state index contributed by atoms with van der Waals surface area (Å²) >= 11 is 0. The highest BCUT2D eigenvalue weighted by atomic mass is 32.2. The number of nitrogens with one attached hydrogen (secondary N) is 1. The second-order valence-electron chi connectivity index (χ2n) is 11.8. The lowest BCUT2D eigenvalue weighted by molar-refractivity contribution is -0.136. The zero-order chi connectivity index (χ0) is 34.9. The molecule has 1 unspecified atom stereocenters. The minimum Gasteiger partial charge on any atom is -0.481 e. The summed E-state index contributed by atoms with van der Waals surface area (Å²) in [6, 6.07) is 14.1. The molecule has 1 atom stereocenters. The SMILES string of the molecule is CC1=NCc2c(c(F)cc3[nH]ccc23)Oc2ccc(F)c(c2)-c2nc(nn2C)C(c2cccc(CCC(=O)O)c2)CCS(=O)(=O)C/C1=N/N. The lowest BCUT2D eigenvalue weighted by Gasteiger charge is -2.16. The maximum absolute atomic E-state index is 15.6. The number of aliphatic carboxylic acids is 1. The number of benzene rings is 3. The number of H-pyrrole nitrogens is 1. The number of aromatic nitrogens is 4. The number of carboxylic acids is 1. The van der Waals surface area contributed by atoms with Gasteiger partial charge in [-0.15, -0.1) is 0 Å². The fourth-order valence-corrected chi connectivity index (χ4v) is 7.34. The summed E-state index contributed by atoms with van der Waals surface area (Å²) in [5.41, 5.74) is 2.59. The van der Waals surface area contributed by atoms with E-state index in [9.17, 15) is 18.3 Å². The van der Waals surface area contributed by atoms with E-state index in [1.165, 1.54) is 28.9 Å². The van der Waals surface area contributed by atoms with Gasteiger partial charge in [-0.25, -0.2) is 26.9 Å². The van der Waals surface area contributed by atoms with Gasteiger partial charge in [-0.2, -0.15) is 10.2 Å². The first-order valence-electron chi connectivity index (χ1n) is 15.4. The minimum atomic E-state index is -3.84. The number of sulfone groups is 1. The summed E-state index contributed by atoms with van der Waals surface area (Å²) in [7, 11) is -2.25. The number of halogens is 2. The van der Waals surface area contributed by atoms with E-state index in [4.69, 9.17) is 10.6 Å². The topological polar surface area (TPSA) is 178 Å². The summed E-state index contributed by atoms with van der Waals surface area (Å²) in [5.74, 6) is 2.27. The van der Waals surface area contributed by atoms with E-state index >= 15 is 8.78 Å². The van der Waals surface area contributed by atoms with Crippen LogP contribution in [0.1, 0.15) is 48.2 Å². The van der Waals surface area contributed by atoms with Crippen molar-refractivity contribution in [2.75, 3.05) is 11.5 Å². The van der Waals surface area contributed by atoms with Gasteiger partial charge in [-0.1, -0.05) is 24.3 Å². The number of nitrogens with zero attached hydrogens (tertiary/aromatic N) is 5. The first-order valence-corrected chi connectivity index (χ1v) is 17.2. The quantitative estimate of drug-likeness (QED) is 0.169. The van der Waals surface area contributed by atoms with Gasteiger partial charge < -0.3 is 20.7 Å². The molecule has 0 aliphatic carbocycles. The summed E-state index contributed by atoms with van der Waals surface area (Å²) < 4.78 is 65.6. The Morgan fingerprint density at radius 2 is 1.98 bits per heavy atom. The van der Waals surface area contributed by atoms with Gasteiger partial charge in [0.05, 0.1) is 35.0 Å². The number of hydrogen-bond donors (Lipinski definition) is 3. The van der Waals surface area contributed by atoms with Gasteiger partial charge in [0, 0.05) is 48.1 Å². The van der Waals surface area contributed by atoms with Crippen molar-refractivity contribution in [1.82, 2.24) is 19.7 Å². The number of aryl methyl sites for hydroxylation is 2. The second kappa shape index (κ2) is 13.6. The summed E-state index contributed by atoms with van der Waals surface area (Å²) in [6.45, 7) is 1.47. The predicted molar refractivity (Wildman–Crippen MR) is 181 cm³/mol. The van der Waals surface area contributed by atoms with Crippen LogP contribution < -0.4 is 10.6 Å². The van der Waals surface area contributed by atoms with E-state index in [1.54, 1.807) is 50.5 Å². The van der Waals surface area contributed by atoms with Crippen LogP contribution in [0.4, 0.5) is 8.78 Å². The highest BCUT2D eigenvalue weighted by molar-refractivity contribution is 7.92. The number of hydrogen-bond acceptors (Lipinski definition) is 9. The molecule has 6 rings (SSSR count). The van der Waals surface area contributed by atoms with Crippen molar-refractivity contribution in [1.29, 1.82) is 0 Å². The molecule has 0 fully saturated rings. The van der Waals surface area contributed by atoms with Gasteiger partial charge in [0.25, 0.3) is 0 Å². The standard InChI is InChI=1S/C34H33F2N7O5S/c1-19-30(41-37)18-49(46,47)13-11-23(21-5-3-4-20(14-21)6-9-31(44)45)33-40-34(43(2)42-33)25-15-22(7-8-27(25)35)48-32-26(17-39-19)24-10-12-38-29(24)16-28(32)36/h3-5,7-8,10,12,14-16,23,38H,6,9,11,13,17-18,37H2,1-2H3,(H,44,45)/b39-19?,41-30-. The smallest absolute Gasteiger partial charge is 0.303 e. The van der Waals surface area contributed by atoms with Crippen molar-refractivity contribution < 1.29 is 31.8 Å². The van der Waals surface area contributed by atoms with Crippen LogP contribution in [0.2, 0.25) is 0 Å². The molecule has 0 amide bonds. The summed E-state index contributed by atoms with van der Waals surface area (Å²) in [4.78, 5) is 23.4. The summed E-state index contributed by atoms with van der Waals surface area (Å²) in [6.07, 6.45) is 1.87. The molecule has 1 aliphatic rings. The number of aromatic amines is 1. The zero-order valence-corrected chi connectivity index (χ0v) is 27.5. The Balaban J connectivity index is 1.51. The van der Waals surface area contributed by atoms with Gasteiger partial charge in [0.2, 0.25) is 0 Å². The van der Waals surface area contributed by atoms with Crippen molar-refractivity contribution in [2.45, 2.75) is 38.6 Å². The number of ether oxygens (including phenoxy) is 1. The fourth-order valence-electron chi connectivity index (χ4n) is 5.90. The van der Waals surface area contributed by atoms with Crippen LogP contribution in [-0.2, 0) is 34.6 Å². The number of rotatable bonds is 4. The van der Waals surface area contributed by atoms with Gasteiger partial charge in [0.1, 0.15) is 11.6 Å². The van der Waals surface area contributed by atoms with Gasteiger partial charge in [0.15, 0.2) is 33.1 Å². The number of carbonyl (C=O) groups is 1. The molecule has 4 N–H and O–H groups in total. The minimum absolute atomic E-state index is 0.0313. The molecule has 0 spiro atoms. The van der Waals surface area contributed by atoms with E-state index in [2.05, 4.69) is 25.2 Å². The molecule has 5 aromatic rings. The number of fused-ring (bicyclic) bond motifs is 8. The van der Waals surface area contributed by atoms with Crippen LogP contribution in [-0.4, -0.2) is 62.2 Å². The first kappa shape index (κ1) is 33.5.